The van der Waals surface area contributed by atoms with Crippen LogP contribution in [0.5, 0.6) is 0 Å². The molecule has 0 aliphatic heterocycles. The molecule has 146 valence electrons. The van der Waals surface area contributed by atoms with Crippen molar-refractivity contribution in [2.24, 2.45) is 0 Å². The first-order valence-electron chi connectivity index (χ1n) is 7.26. The third-order valence-corrected chi connectivity index (χ3v) is 5.56. The molecule has 2 aromatic rings. The first-order valence-corrected chi connectivity index (χ1v) is 9.50. The minimum atomic E-state index is -4.61. The van der Waals surface area contributed by atoms with Gasteiger partial charge in [0.1, 0.15) is 0 Å². The van der Waals surface area contributed by atoms with Gasteiger partial charge in [-0.3, -0.25) is 4.79 Å². The Hall–Kier alpha value is -1.81. The number of aliphatic carboxylic acids is 1. The molecule has 11 heteroatoms. The van der Waals surface area contributed by atoms with Crippen LogP contribution in [0.15, 0.2) is 47.4 Å². The second-order valence-electron chi connectivity index (χ2n) is 5.46. The van der Waals surface area contributed by atoms with Crippen molar-refractivity contribution < 1.29 is 31.5 Å². The molecule has 0 heterocycles. The number of alkyl halides is 3. The maximum absolute atomic E-state index is 12.6. The van der Waals surface area contributed by atoms with Crippen molar-refractivity contribution in [3.05, 3.63) is 63.6 Å². The number of hydrogen-bond donors (Lipinski definition) is 2. The largest absolute Gasteiger partial charge is 0.481 e. The van der Waals surface area contributed by atoms with Crippen LogP contribution in [0, 0.1) is 0 Å². The summed E-state index contributed by atoms with van der Waals surface area (Å²) < 4.78 is 65.0. The van der Waals surface area contributed by atoms with Crippen LogP contribution in [0.2, 0.25) is 10.0 Å². The average molecular weight is 442 g/mol. The molecule has 2 aromatic carbocycles. The van der Waals surface area contributed by atoms with Crippen LogP contribution in [-0.2, 0) is 21.0 Å². The molecule has 1 unspecified atom stereocenters. The molecular weight excluding hydrogens is 430 g/mol. The molecule has 0 amide bonds. The molecule has 5 nitrogen and oxygen atoms in total. The molecular formula is C16H12Cl2F3NO4S. The molecule has 2 rings (SSSR count). The summed E-state index contributed by atoms with van der Waals surface area (Å²) in [5.74, 6) is -1.30. The van der Waals surface area contributed by atoms with E-state index in [1.807, 2.05) is 0 Å². The number of benzene rings is 2. The third kappa shape index (κ3) is 5.58. The average Bonchev–Trinajstić information content (AvgIpc) is 2.53. The predicted octanol–water partition coefficient (Wildman–Crippen LogP) is 4.51. The van der Waals surface area contributed by atoms with Gasteiger partial charge in [-0.1, -0.05) is 29.3 Å². The first kappa shape index (κ1) is 21.5. The Morgan fingerprint density at radius 2 is 1.70 bits per heavy atom. The monoisotopic (exact) mass is 441 g/mol. The van der Waals surface area contributed by atoms with Gasteiger partial charge < -0.3 is 5.11 Å². The number of nitrogens with one attached hydrogen (secondary N) is 1. The number of carbonyl (C=O) groups is 1. The Bertz CT molecular complexity index is 947. The Balaban J connectivity index is 2.36. The molecule has 0 spiro atoms. The molecule has 0 aliphatic rings. The van der Waals surface area contributed by atoms with Gasteiger partial charge in [0.05, 0.1) is 22.9 Å². The zero-order valence-corrected chi connectivity index (χ0v) is 15.6. The number of sulfonamides is 1. The van der Waals surface area contributed by atoms with Crippen LogP contribution < -0.4 is 4.72 Å². The first-order chi connectivity index (χ1) is 12.4. The van der Waals surface area contributed by atoms with Crippen LogP contribution in [0.4, 0.5) is 13.2 Å². The minimum Gasteiger partial charge on any atom is -0.481 e. The minimum absolute atomic E-state index is 0.0452. The summed E-state index contributed by atoms with van der Waals surface area (Å²) in [7, 11) is -4.31. The van der Waals surface area contributed by atoms with E-state index in [1.165, 1.54) is 18.2 Å². The van der Waals surface area contributed by atoms with E-state index in [9.17, 15) is 26.4 Å². The van der Waals surface area contributed by atoms with Crippen molar-refractivity contribution in [1.29, 1.82) is 0 Å². The highest BCUT2D eigenvalue weighted by Gasteiger charge is 2.31. The fraction of sp³-hybridized carbons (Fsp3) is 0.188. The van der Waals surface area contributed by atoms with E-state index in [0.717, 1.165) is 12.1 Å². The smallest absolute Gasteiger partial charge is 0.416 e. The number of hydrogen-bond acceptors (Lipinski definition) is 3. The molecule has 2 N–H and O–H groups in total. The van der Waals surface area contributed by atoms with Gasteiger partial charge in [0.2, 0.25) is 10.0 Å². The van der Waals surface area contributed by atoms with E-state index < -0.39 is 45.1 Å². The van der Waals surface area contributed by atoms with Gasteiger partial charge in [0.15, 0.2) is 0 Å². The zero-order valence-electron chi connectivity index (χ0n) is 13.3. The van der Waals surface area contributed by atoms with Gasteiger partial charge in [-0.2, -0.15) is 13.2 Å². The fourth-order valence-corrected chi connectivity index (χ4v) is 4.01. The molecule has 0 aliphatic carbocycles. The maximum atomic E-state index is 12.6. The summed E-state index contributed by atoms with van der Waals surface area (Å²) >= 11 is 11.8. The Morgan fingerprint density at radius 3 is 2.19 bits per heavy atom. The SMILES string of the molecule is O=C(O)CC(NS(=O)(=O)c1ccc(C(F)(F)F)cc1)c1ccc(Cl)cc1Cl. The Kier molecular flexibility index (Phi) is 6.41. The van der Waals surface area contributed by atoms with Crippen molar-refractivity contribution in [2.75, 3.05) is 0 Å². The van der Waals surface area contributed by atoms with E-state index >= 15 is 0 Å². The van der Waals surface area contributed by atoms with Crippen molar-refractivity contribution in [3.8, 4) is 0 Å². The third-order valence-electron chi connectivity index (χ3n) is 3.51. The van der Waals surface area contributed by atoms with Gasteiger partial charge in [-0.15, -0.1) is 0 Å². The van der Waals surface area contributed by atoms with Crippen LogP contribution in [0.25, 0.3) is 0 Å². The molecule has 0 radical (unpaired) electrons. The van der Waals surface area contributed by atoms with Crippen molar-refractivity contribution in [1.82, 2.24) is 4.72 Å². The van der Waals surface area contributed by atoms with E-state index in [2.05, 4.69) is 4.72 Å². The highest BCUT2D eigenvalue weighted by molar-refractivity contribution is 7.89. The molecule has 27 heavy (non-hydrogen) atoms. The van der Waals surface area contributed by atoms with Crippen molar-refractivity contribution in [3.63, 3.8) is 0 Å². The lowest BCUT2D eigenvalue weighted by Crippen LogP contribution is -2.30. The predicted molar refractivity (Wildman–Crippen MR) is 93.2 cm³/mol. The quantitative estimate of drug-likeness (QED) is 0.690. The number of halogens is 5. The summed E-state index contributed by atoms with van der Waals surface area (Å²) in [6.07, 6.45) is -5.25. The van der Waals surface area contributed by atoms with Crippen molar-refractivity contribution >= 4 is 39.2 Å². The van der Waals surface area contributed by atoms with Gasteiger partial charge in [0, 0.05) is 10.0 Å². The highest BCUT2D eigenvalue weighted by atomic mass is 35.5. The lowest BCUT2D eigenvalue weighted by molar-refractivity contribution is -0.138. The summed E-state index contributed by atoms with van der Waals surface area (Å²) in [4.78, 5) is 10.7. The highest BCUT2D eigenvalue weighted by Crippen LogP contribution is 2.31. The number of rotatable bonds is 6. The zero-order chi connectivity index (χ0) is 20.4. The van der Waals surface area contributed by atoms with E-state index in [0.29, 0.717) is 12.1 Å². The molecule has 0 fully saturated rings. The topological polar surface area (TPSA) is 83.5 Å². The van der Waals surface area contributed by atoms with E-state index in [1.54, 1.807) is 0 Å². The number of carboxylic acid groups (broad SMARTS) is 1. The summed E-state index contributed by atoms with van der Waals surface area (Å²) in [6, 6.07) is 5.65. The van der Waals surface area contributed by atoms with Gasteiger partial charge in [-0.05, 0) is 42.0 Å². The molecule has 0 aromatic heterocycles. The second-order valence-corrected chi connectivity index (χ2v) is 8.02. The van der Waals surface area contributed by atoms with Crippen LogP contribution in [-0.4, -0.2) is 19.5 Å². The van der Waals surface area contributed by atoms with E-state index in [4.69, 9.17) is 28.3 Å². The summed E-state index contributed by atoms with van der Waals surface area (Å²) in [5.41, 5.74) is -0.844. The van der Waals surface area contributed by atoms with Crippen LogP contribution in [0.3, 0.4) is 0 Å². The van der Waals surface area contributed by atoms with E-state index in [-0.39, 0.29) is 15.6 Å². The normalized spacial score (nSPS) is 13.4. The lowest BCUT2D eigenvalue weighted by atomic mass is 10.1. The Labute approximate surface area is 162 Å². The van der Waals surface area contributed by atoms with Crippen LogP contribution in [0.1, 0.15) is 23.6 Å². The van der Waals surface area contributed by atoms with Crippen LogP contribution >= 0.6 is 23.2 Å². The second kappa shape index (κ2) is 8.05. The number of carboxylic acids is 1. The fourth-order valence-electron chi connectivity index (χ4n) is 2.25. The maximum Gasteiger partial charge on any atom is 0.416 e. The lowest BCUT2D eigenvalue weighted by Gasteiger charge is -2.19. The summed E-state index contributed by atoms with van der Waals surface area (Å²) in [5, 5.41) is 9.37. The standard InChI is InChI=1S/C16H12Cl2F3NO4S/c17-10-3-6-12(13(18)7-10)14(8-15(23)24)22-27(25,26)11-4-1-9(2-5-11)16(19,20)21/h1-7,14,22H,8H2,(H,23,24). The van der Waals surface area contributed by atoms with Crippen molar-refractivity contribution in [2.45, 2.75) is 23.5 Å². The van der Waals surface area contributed by atoms with Gasteiger partial charge >= 0.3 is 12.1 Å². The summed E-state index contributed by atoms with van der Waals surface area (Å²) in [6.45, 7) is 0. The molecule has 0 saturated carbocycles. The molecule has 1 atom stereocenters. The molecule has 0 saturated heterocycles. The van der Waals surface area contributed by atoms with Gasteiger partial charge in [0.25, 0.3) is 0 Å². The molecule has 0 bridgehead atoms. The van der Waals surface area contributed by atoms with Gasteiger partial charge in [-0.25, -0.2) is 13.1 Å². The Morgan fingerprint density at radius 1 is 1.11 bits per heavy atom.